The van der Waals surface area contributed by atoms with Crippen LogP contribution >= 0.6 is 11.3 Å². The van der Waals surface area contributed by atoms with Crippen LogP contribution in [0.1, 0.15) is 68.0 Å². The van der Waals surface area contributed by atoms with Crippen molar-refractivity contribution in [1.82, 2.24) is 25.5 Å². The average Bonchev–Trinajstić information content (AvgIpc) is 3.79. The van der Waals surface area contributed by atoms with E-state index in [-0.39, 0.29) is 35.2 Å². The van der Waals surface area contributed by atoms with Gasteiger partial charge in [0.2, 0.25) is 5.56 Å². The molecule has 1 aliphatic rings. The van der Waals surface area contributed by atoms with Crippen LogP contribution in [0.2, 0.25) is 0 Å². The number of phenols is 1. The number of pyridine rings is 2. The van der Waals surface area contributed by atoms with Gasteiger partial charge in [0.15, 0.2) is 0 Å². The van der Waals surface area contributed by atoms with Crippen LogP contribution in [0.25, 0.3) is 21.3 Å². The number of carbonyl (C=O) groups is 2. The lowest BCUT2D eigenvalue weighted by Crippen LogP contribution is -2.35. The summed E-state index contributed by atoms with van der Waals surface area (Å²) in [5.41, 5.74) is 5.68. The van der Waals surface area contributed by atoms with Gasteiger partial charge in [-0.1, -0.05) is 84.9 Å². The SMILES string of the molecule is O=C(NCc1ccc(-c2cccc(C(C(=O)OCC3CCN(Cc4ccccc4)CC3)c3ccccc3)c2)s1)c1ccc(CNC[C@H](O)c2ccc(O)c3[nH]c(=O)ccc23)nc1. The molecule has 5 N–H and O–H groups in total. The number of H-pyrrole nitrogens is 1. The number of aliphatic hydroxyl groups is 1. The zero-order chi connectivity index (χ0) is 42.8. The zero-order valence-electron chi connectivity index (χ0n) is 34.2. The van der Waals surface area contributed by atoms with E-state index in [2.05, 4.69) is 55.8 Å². The maximum atomic E-state index is 13.9. The highest BCUT2D eigenvalue weighted by Gasteiger charge is 2.27. The number of likely N-dealkylation sites (tertiary alicyclic amines) is 1. The van der Waals surface area contributed by atoms with Crippen LogP contribution < -0.4 is 16.2 Å². The number of amides is 1. The fraction of sp³-hybridized carbons (Fsp3) is 0.240. The number of aromatic nitrogens is 2. The second kappa shape index (κ2) is 20.0. The smallest absolute Gasteiger partial charge is 0.317 e. The Morgan fingerprint density at radius 1 is 0.855 bits per heavy atom. The number of aromatic amines is 1. The lowest BCUT2D eigenvalue weighted by atomic mass is 9.90. The maximum Gasteiger partial charge on any atom is 0.317 e. The number of fused-ring (bicyclic) bond motifs is 1. The molecule has 0 spiro atoms. The lowest BCUT2D eigenvalue weighted by Gasteiger charge is -2.32. The van der Waals surface area contributed by atoms with E-state index in [1.165, 1.54) is 23.9 Å². The summed E-state index contributed by atoms with van der Waals surface area (Å²) in [5, 5.41) is 27.7. The number of ether oxygens (including phenoxy) is 1. The molecule has 1 aliphatic heterocycles. The Kier molecular flexibility index (Phi) is 13.6. The first-order chi connectivity index (χ1) is 30.3. The molecule has 316 valence electrons. The summed E-state index contributed by atoms with van der Waals surface area (Å²) in [6.07, 6.45) is 2.62. The normalized spacial score (nSPS) is 14.3. The Labute approximate surface area is 364 Å². The van der Waals surface area contributed by atoms with Crippen LogP contribution in [-0.2, 0) is 29.2 Å². The van der Waals surface area contributed by atoms with E-state index >= 15 is 0 Å². The quantitative estimate of drug-likeness (QED) is 0.0616. The average molecular weight is 848 g/mol. The number of nitrogens with one attached hydrogen (secondary N) is 3. The molecule has 1 amide bonds. The minimum atomic E-state index is -0.902. The molecule has 0 aliphatic carbocycles. The number of aromatic hydroxyl groups is 1. The molecule has 2 atom stereocenters. The van der Waals surface area contributed by atoms with Crippen molar-refractivity contribution in [3.63, 3.8) is 0 Å². The summed E-state index contributed by atoms with van der Waals surface area (Å²) in [4.78, 5) is 50.2. The Balaban J connectivity index is 0.832. The van der Waals surface area contributed by atoms with Crippen molar-refractivity contribution in [2.24, 2.45) is 5.92 Å². The van der Waals surface area contributed by atoms with Gasteiger partial charge in [-0.15, -0.1) is 11.3 Å². The molecule has 62 heavy (non-hydrogen) atoms. The van der Waals surface area contributed by atoms with Gasteiger partial charge in [-0.2, -0.15) is 0 Å². The third-order valence-electron chi connectivity index (χ3n) is 11.4. The molecule has 8 rings (SSSR count). The number of hydrogen-bond donors (Lipinski definition) is 5. The van der Waals surface area contributed by atoms with E-state index in [0.29, 0.717) is 47.8 Å². The Morgan fingerprint density at radius 3 is 2.40 bits per heavy atom. The van der Waals surface area contributed by atoms with E-state index < -0.39 is 12.0 Å². The monoisotopic (exact) mass is 847 g/mol. The molecule has 12 heteroatoms. The highest BCUT2D eigenvalue weighted by atomic mass is 32.1. The highest BCUT2D eigenvalue weighted by Crippen LogP contribution is 2.34. The Bertz CT molecular complexity index is 2660. The van der Waals surface area contributed by atoms with Crippen molar-refractivity contribution >= 4 is 34.1 Å². The molecule has 0 bridgehead atoms. The van der Waals surface area contributed by atoms with Crippen molar-refractivity contribution in [2.75, 3.05) is 26.2 Å². The van der Waals surface area contributed by atoms with E-state index in [1.807, 2.05) is 66.7 Å². The zero-order valence-corrected chi connectivity index (χ0v) is 35.0. The maximum absolute atomic E-state index is 13.9. The van der Waals surface area contributed by atoms with Gasteiger partial charge in [0, 0.05) is 47.0 Å². The predicted molar refractivity (Wildman–Crippen MR) is 242 cm³/mol. The minimum absolute atomic E-state index is 0.0673. The number of hydrogen-bond acceptors (Lipinski definition) is 10. The number of nitrogens with zero attached hydrogens (tertiary/aromatic N) is 2. The van der Waals surface area contributed by atoms with Crippen LogP contribution in [-0.4, -0.2) is 63.2 Å². The van der Waals surface area contributed by atoms with Crippen molar-refractivity contribution < 1.29 is 24.5 Å². The number of benzene rings is 4. The predicted octanol–water partition coefficient (Wildman–Crippen LogP) is 7.70. The molecule has 0 radical (unpaired) electrons. The first kappa shape index (κ1) is 42.3. The summed E-state index contributed by atoms with van der Waals surface area (Å²) in [6, 6.07) is 41.9. The minimum Gasteiger partial charge on any atom is -0.506 e. The summed E-state index contributed by atoms with van der Waals surface area (Å²) in [7, 11) is 0. The topological polar surface area (TPSA) is 157 Å². The Hall–Kier alpha value is -6.44. The van der Waals surface area contributed by atoms with E-state index in [0.717, 1.165) is 58.9 Å². The molecule has 4 heterocycles. The summed E-state index contributed by atoms with van der Waals surface area (Å²) in [6.45, 7) is 4.23. The summed E-state index contributed by atoms with van der Waals surface area (Å²) >= 11 is 1.58. The first-order valence-corrected chi connectivity index (χ1v) is 21.7. The molecular formula is C50H49N5O6S. The molecule has 1 unspecified atom stereocenters. The third kappa shape index (κ3) is 10.5. The molecule has 4 aromatic carbocycles. The molecule has 11 nitrogen and oxygen atoms in total. The van der Waals surface area contributed by atoms with Crippen molar-refractivity contribution in [1.29, 1.82) is 0 Å². The van der Waals surface area contributed by atoms with Gasteiger partial charge in [0.05, 0.1) is 36.0 Å². The number of esters is 1. The fourth-order valence-corrected chi connectivity index (χ4v) is 8.92. The molecule has 3 aromatic heterocycles. The standard InChI is InChI=1S/C50H49N5O6S/c56-43-19-17-41(42-18-21-46(58)54-48(42)43)44(57)30-51-28-39-15-14-38(27-52-39)49(59)53-29-40-16-20-45(62-40)36-12-7-13-37(26-36)47(35-10-5-2-6-11-35)50(60)61-32-34-22-24-55(25-23-34)31-33-8-3-1-4-9-33/h1-21,26-27,34,44,47,51,56-57H,22-25,28-32H2,(H,53,59)(H,54,58)/t44-,47?/m0/s1. The molecular weight excluding hydrogens is 799 g/mol. The van der Waals surface area contributed by atoms with Gasteiger partial charge in [-0.3, -0.25) is 24.3 Å². The molecule has 1 saturated heterocycles. The second-order valence-corrected chi connectivity index (χ2v) is 16.9. The van der Waals surface area contributed by atoms with Crippen molar-refractivity contribution in [3.05, 3.63) is 188 Å². The largest absolute Gasteiger partial charge is 0.506 e. The Morgan fingerprint density at radius 2 is 1.63 bits per heavy atom. The van der Waals surface area contributed by atoms with Crippen LogP contribution in [0.3, 0.4) is 0 Å². The molecule has 0 saturated carbocycles. The van der Waals surface area contributed by atoms with Gasteiger partial charge in [0.1, 0.15) is 11.7 Å². The number of rotatable bonds is 16. The second-order valence-electron chi connectivity index (χ2n) is 15.7. The fourth-order valence-electron chi connectivity index (χ4n) is 7.98. The number of aliphatic hydroxyl groups excluding tert-OH is 1. The molecule has 1 fully saturated rings. The number of phenolic OH excluding ortho intramolecular Hbond substituents is 1. The van der Waals surface area contributed by atoms with Crippen LogP contribution in [0.4, 0.5) is 0 Å². The van der Waals surface area contributed by atoms with Gasteiger partial charge in [-0.05, 0) is 102 Å². The van der Waals surface area contributed by atoms with Crippen molar-refractivity contribution in [3.8, 4) is 16.2 Å². The number of piperidine rings is 1. The van der Waals surface area contributed by atoms with Crippen molar-refractivity contribution in [2.45, 2.75) is 44.5 Å². The van der Waals surface area contributed by atoms with Gasteiger partial charge in [-0.25, -0.2) is 0 Å². The van der Waals surface area contributed by atoms with Gasteiger partial charge >= 0.3 is 5.97 Å². The van der Waals surface area contributed by atoms with Crippen LogP contribution in [0.15, 0.2) is 144 Å². The van der Waals surface area contributed by atoms with Crippen LogP contribution in [0.5, 0.6) is 5.75 Å². The van der Waals surface area contributed by atoms with Gasteiger partial charge < -0.3 is 30.6 Å². The summed E-state index contributed by atoms with van der Waals surface area (Å²) < 4.78 is 6.09. The lowest BCUT2D eigenvalue weighted by molar-refractivity contribution is -0.146. The highest BCUT2D eigenvalue weighted by molar-refractivity contribution is 7.15. The summed E-state index contributed by atoms with van der Waals surface area (Å²) in [5.74, 6) is -0.783. The van der Waals surface area contributed by atoms with Crippen LogP contribution in [0, 0.1) is 5.92 Å². The van der Waals surface area contributed by atoms with E-state index in [4.69, 9.17) is 4.74 Å². The molecule has 7 aromatic rings. The van der Waals surface area contributed by atoms with Gasteiger partial charge in [0.25, 0.3) is 5.91 Å². The van der Waals surface area contributed by atoms with E-state index in [1.54, 1.807) is 35.6 Å². The first-order valence-electron chi connectivity index (χ1n) is 20.9. The third-order valence-corrected chi connectivity index (χ3v) is 12.5. The van der Waals surface area contributed by atoms with E-state index in [9.17, 15) is 24.6 Å². The number of thiophene rings is 1. The number of carbonyl (C=O) groups excluding carboxylic acids is 2.